The lowest BCUT2D eigenvalue weighted by molar-refractivity contribution is -0.125. The number of rotatable bonds is 7. The quantitative estimate of drug-likeness (QED) is 0.565. The van der Waals surface area contributed by atoms with Gasteiger partial charge in [0.05, 0.1) is 11.6 Å². The van der Waals surface area contributed by atoms with Crippen molar-refractivity contribution < 1.29 is 13.9 Å². The molecule has 8 heteroatoms. The van der Waals surface area contributed by atoms with Gasteiger partial charge in [-0.3, -0.25) is 9.78 Å². The van der Waals surface area contributed by atoms with Crippen LogP contribution in [0.25, 0.3) is 10.9 Å². The zero-order valence-corrected chi connectivity index (χ0v) is 16.7. The lowest BCUT2D eigenvalue weighted by Crippen LogP contribution is -2.51. The van der Waals surface area contributed by atoms with E-state index in [0.29, 0.717) is 22.2 Å². The van der Waals surface area contributed by atoms with E-state index >= 15 is 0 Å². The molecule has 140 valence electrons. The van der Waals surface area contributed by atoms with Crippen molar-refractivity contribution in [3.8, 4) is 24.2 Å². The molecule has 0 spiro atoms. The molecule has 0 aliphatic rings. The fourth-order valence-corrected chi connectivity index (χ4v) is 3.53. The second-order valence-electron chi connectivity index (χ2n) is 5.90. The highest BCUT2D eigenvalue weighted by atomic mass is 32.2. The molecule has 0 saturated carbocycles. The van der Waals surface area contributed by atoms with Crippen LogP contribution in [0, 0.1) is 29.5 Å². The molecule has 27 heavy (non-hydrogen) atoms. The number of pyridine rings is 1. The molecule has 2 atom stereocenters. The first-order valence-corrected chi connectivity index (χ1v) is 10.5. The SMILES string of the molecule is C#Cc1cnc2cc(F)c(OC(SC)C(=O)NC(C)(C#N)CSC)cc2c1. The van der Waals surface area contributed by atoms with E-state index in [1.165, 1.54) is 30.1 Å². The third-order valence-corrected chi connectivity index (χ3v) is 5.25. The van der Waals surface area contributed by atoms with Crippen LogP contribution in [0.1, 0.15) is 12.5 Å². The summed E-state index contributed by atoms with van der Waals surface area (Å²) in [6.07, 6.45) is 10.4. The minimum absolute atomic E-state index is 0.0866. The van der Waals surface area contributed by atoms with Crippen molar-refractivity contribution in [1.29, 1.82) is 5.26 Å². The molecule has 0 fully saturated rings. The maximum atomic E-state index is 14.4. The van der Waals surface area contributed by atoms with Crippen molar-refractivity contribution in [2.75, 3.05) is 18.3 Å². The van der Waals surface area contributed by atoms with E-state index in [2.05, 4.69) is 22.3 Å². The van der Waals surface area contributed by atoms with Crippen LogP contribution in [0.4, 0.5) is 4.39 Å². The molecule has 2 rings (SSSR count). The van der Waals surface area contributed by atoms with Gasteiger partial charge in [0, 0.05) is 29.0 Å². The summed E-state index contributed by atoms with van der Waals surface area (Å²) in [7, 11) is 0. The summed E-state index contributed by atoms with van der Waals surface area (Å²) in [6, 6.07) is 6.46. The number of nitrogens with one attached hydrogen (secondary N) is 1. The number of hydrogen-bond acceptors (Lipinski definition) is 6. The summed E-state index contributed by atoms with van der Waals surface area (Å²) >= 11 is 2.54. The van der Waals surface area contributed by atoms with Gasteiger partial charge in [-0.2, -0.15) is 17.0 Å². The maximum Gasteiger partial charge on any atom is 0.273 e. The van der Waals surface area contributed by atoms with Crippen LogP contribution in [-0.4, -0.2) is 40.1 Å². The monoisotopic (exact) mass is 403 g/mol. The number of thioether (sulfide) groups is 2. The molecule has 0 saturated heterocycles. The van der Waals surface area contributed by atoms with Crippen molar-refractivity contribution in [3.05, 3.63) is 35.8 Å². The van der Waals surface area contributed by atoms with Crippen molar-refractivity contribution in [2.24, 2.45) is 0 Å². The second kappa shape index (κ2) is 8.98. The number of ether oxygens (including phenoxy) is 1. The summed E-state index contributed by atoms with van der Waals surface area (Å²) < 4.78 is 20.0. The van der Waals surface area contributed by atoms with Gasteiger partial charge in [-0.05, 0) is 31.6 Å². The summed E-state index contributed by atoms with van der Waals surface area (Å²) in [5.41, 5.74) is -1.07. The molecular weight excluding hydrogens is 385 g/mol. The van der Waals surface area contributed by atoms with Gasteiger partial charge in [0.2, 0.25) is 5.44 Å². The number of carbonyl (C=O) groups is 1. The Morgan fingerprint density at radius 1 is 1.48 bits per heavy atom. The Bertz CT molecular complexity index is 939. The topological polar surface area (TPSA) is 75.0 Å². The zero-order chi connectivity index (χ0) is 20.0. The number of aromatic nitrogens is 1. The molecule has 0 radical (unpaired) electrons. The Kier molecular flexibility index (Phi) is 6.95. The molecule has 2 aromatic rings. The highest BCUT2D eigenvalue weighted by Crippen LogP contribution is 2.27. The van der Waals surface area contributed by atoms with Gasteiger partial charge in [-0.15, -0.1) is 18.2 Å². The molecule has 1 aromatic heterocycles. The average Bonchev–Trinajstić information content (AvgIpc) is 2.65. The first kappa shape index (κ1) is 20.9. The van der Waals surface area contributed by atoms with Crippen LogP contribution in [0.15, 0.2) is 24.4 Å². The molecule has 0 aliphatic carbocycles. The summed E-state index contributed by atoms with van der Waals surface area (Å²) in [4.78, 5) is 16.6. The van der Waals surface area contributed by atoms with Gasteiger partial charge in [0.15, 0.2) is 11.6 Å². The number of halogens is 1. The van der Waals surface area contributed by atoms with Gasteiger partial charge in [-0.1, -0.05) is 5.92 Å². The van der Waals surface area contributed by atoms with Gasteiger partial charge in [0.1, 0.15) is 5.54 Å². The molecule has 5 nitrogen and oxygen atoms in total. The number of hydrogen-bond donors (Lipinski definition) is 1. The van der Waals surface area contributed by atoms with Crippen LogP contribution in [0.2, 0.25) is 0 Å². The highest BCUT2D eigenvalue weighted by Gasteiger charge is 2.30. The molecule has 1 amide bonds. The highest BCUT2D eigenvalue weighted by molar-refractivity contribution is 7.99. The normalized spacial score (nSPS) is 13.9. The van der Waals surface area contributed by atoms with Gasteiger partial charge < -0.3 is 10.1 Å². The number of fused-ring (bicyclic) bond motifs is 1. The standard InChI is InChI=1S/C19H18FN3O2S2/c1-5-12-6-13-7-16(14(20)8-15(13)22-9-12)25-18(27-4)17(24)23-19(2,10-21)11-26-3/h1,6-9,18H,11H2,2-4H3,(H,23,24). The molecule has 0 aliphatic heterocycles. The first-order valence-electron chi connectivity index (χ1n) is 7.83. The van der Waals surface area contributed by atoms with Crippen LogP contribution in [-0.2, 0) is 4.79 Å². The number of carbonyl (C=O) groups excluding carboxylic acids is 1. The summed E-state index contributed by atoms with van der Waals surface area (Å²) in [5, 5.41) is 12.6. The first-order chi connectivity index (χ1) is 12.9. The Morgan fingerprint density at radius 2 is 2.22 bits per heavy atom. The van der Waals surface area contributed by atoms with E-state index in [1.807, 2.05) is 6.26 Å². The minimum Gasteiger partial charge on any atom is -0.467 e. The molecule has 0 bridgehead atoms. The van der Waals surface area contributed by atoms with Gasteiger partial charge in [-0.25, -0.2) is 4.39 Å². The van der Waals surface area contributed by atoms with Crippen molar-refractivity contribution in [2.45, 2.75) is 17.9 Å². The molecule has 1 N–H and O–H groups in total. The van der Waals surface area contributed by atoms with Crippen molar-refractivity contribution >= 4 is 40.3 Å². The third-order valence-electron chi connectivity index (χ3n) is 3.64. The number of nitrogens with zero attached hydrogens (tertiary/aromatic N) is 2. The average molecular weight is 404 g/mol. The smallest absolute Gasteiger partial charge is 0.273 e. The zero-order valence-electron chi connectivity index (χ0n) is 15.1. The number of amides is 1. The van der Waals surface area contributed by atoms with Gasteiger partial charge in [0.25, 0.3) is 5.91 Å². The van der Waals surface area contributed by atoms with Crippen molar-refractivity contribution in [3.63, 3.8) is 0 Å². The fourth-order valence-electron chi connectivity index (χ4n) is 2.34. The van der Waals surface area contributed by atoms with E-state index in [-0.39, 0.29) is 5.75 Å². The Balaban J connectivity index is 2.27. The molecule has 1 heterocycles. The Morgan fingerprint density at radius 3 is 2.81 bits per heavy atom. The van der Waals surface area contributed by atoms with Crippen LogP contribution < -0.4 is 10.1 Å². The van der Waals surface area contributed by atoms with E-state index in [4.69, 9.17) is 11.2 Å². The van der Waals surface area contributed by atoms with Crippen LogP contribution in [0.3, 0.4) is 0 Å². The van der Waals surface area contributed by atoms with E-state index in [9.17, 15) is 14.4 Å². The molecule has 1 aromatic carbocycles. The summed E-state index contributed by atoms with van der Waals surface area (Å²) in [5.74, 6) is 1.66. The molecule has 2 unspecified atom stereocenters. The minimum atomic E-state index is -1.04. The van der Waals surface area contributed by atoms with E-state index in [0.717, 1.165) is 11.8 Å². The van der Waals surface area contributed by atoms with Gasteiger partial charge >= 0.3 is 0 Å². The van der Waals surface area contributed by atoms with Crippen LogP contribution in [0.5, 0.6) is 5.75 Å². The maximum absolute atomic E-state index is 14.4. The van der Waals surface area contributed by atoms with E-state index in [1.54, 1.807) is 19.2 Å². The predicted octanol–water partition coefficient (Wildman–Crippen LogP) is 3.18. The lowest BCUT2D eigenvalue weighted by Gasteiger charge is -2.25. The largest absolute Gasteiger partial charge is 0.467 e. The second-order valence-corrected chi connectivity index (χ2v) is 7.66. The lowest BCUT2D eigenvalue weighted by atomic mass is 10.1. The third kappa shape index (κ3) is 5.06. The molecular formula is C19H18FN3O2S2. The predicted molar refractivity (Wildman–Crippen MR) is 108 cm³/mol. The van der Waals surface area contributed by atoms with Crippen LogP contribution >= 0.6 is 23.5 Å². The Labute approximate surface area is 166 Å². The van der Waals surface area contributed by atoms with Crippen molar-refractivity contribution in [1.82, 2.24) is 10.3 Å². The summed E-state index contributed by atoms with van der Waals surface area (Å²) in [6.45, 7) is 1.63. The Hall–Kier alpha value is -2.42. The number of terminal acetylenes is 1. The van der Waals surface area contributed by atoms with E-state index < -0.39 is 22.7 Å². The number of benzene rings is 1. The fraction of sp³-hybridized carbons (Fsp3) is 0.316. The number of nitriles is 1.